The van der Waals surface area contributed by atoms with Crippen molar-refractivity contribution in [3.8, 4) is 0 Å². The van der Waals surface area contributed by atoms with Gasteiger partial charge in [-0.15, -0.1) is 0 Å². The van der Waals surface area contributed by atoms with Crippen LogP contribution < -0.4 is 10.0 Å². The summed E-state index contributed by atoms with van der Waals surface area (Å²) >= 11 is 0. The number of hydrogen-bond acceptors (Lipinski definition) is 5. The van der Waals surface area contributed by atoms with Gasteiger partial charge in [-0.3, -0.25) is 0 Å². The second kappa shape index (κ2) is 6.38. The number of sulfonamides is 1. The Balaban J connectivity index is 2.12. The molecule has 0 aliphatic rings. The van der Waals surface area contributed by atoms with E-state index in [2.05, 4.69) is 15.0 Å². The summed E-state index contributed by atoms with van der Waals surface area (Å²) in [5.41, 5.74) is 1.67. The normalized spacial score (nSPS) is 11.8. The van der Waals surface area contributed by atoms with Crippen molar-refractivity contribution in [1.29, 1.82) is 0 Å². The third-order valence-corrected chi connectivity index (χ3v) is 4.47. The Labute approximate surface area is 124 Å². The van der Waals surface area contributed by atoms with Gasteiger partial charge < -0.3 is 9.73 Å². The predicted octanol–water partition coefficient (Wildman–Crippen LogP) is 1.49. The second-order valence-electron chi connectivity index (χ2n) is 4.75. The fourth-order valence-corrected chi connectivity index (χ4v) is 2.93. The molecule has 0 atom stereocenters. The van der Waals surface area contributed by atoms with Crippen LogP contribution in [0.4, 0.5) is 0 Å². The maximum atomic E-state index is 12.3. The summed E-state index contributed by atoms with van der Waals surface area (Å²) in [6.07, 6.45) is 0. The molecule has 0 radical (unpaired) electrons. The minimum Gasteiger partial charge on any atom is -0.444 e. The van der Waals surface area contributed by atoms with E-state index < -0.39 is 10.0 Å². The molecule has 1 aromatic heterocycles. The first-order valence-corrected chi connectivity index (χ1v) is 8.07. The fraction of sp³-hybridized carbons (Fsp3) is 0.357. The molecule has 2 aromatic rings. The van der Waals surface area contributed by atoms with Crippen LogP contribution in [0.15, 0.2) is 33.6 Å². The van der Waals surface area contributed by atoms with E-state index in [1.807, 2.05) is 20.0 Å². The lowest BCUT2D eigenvalue weighted by molar-refractivity contribution is 0.463. The first-order valence-electron chi connectivity index (χ1n) is 6.58. The molecule has 0 spiro atoms. The maximum Gasteiger partial charge on any atom is 0.241 e. The van der Waals surface area contributed by atoms with Crippen LogP contribution in [0.2, 0.25) is 0 Å². The number of hydrogen-bond donors (Lipinski definition) is 2. The quantitative estimate of drug-likeness (QED) is 0.844. The van der Waals surface area contributed by atoms with Gasteiger partial charge in [-0.2, -0.15) is 0 Å². The van der Waals surface area contributed by atoms with Crippen molar-refractivity contribution in [2.24, 2.45) is 0 Å². The van der Waals surface area contributed by atoms with Crippen LogP contribution in [0.5, 0.6) is 0 Å². The van der Waals surface area contributed by atoms with E-state index in [9.17, 15) is 8.42 Å². The van der Waals surface area contributed by atoms with Crippen molar-refractivity contribution in [3.63, 3.8) is 0 Å². The summed E-state index contributed by atoms with van der Waals surface area (Å²) in [6.45, 7) is 4.26. The highest BCUT2D eigenvalue weighted by Gasteiger charge is 2.16. The van der Waals surface area contributed by atoms with Crippen LogP contribution in [0.25, 0.3) is 0 Å². The number of aromatic nitrogens is 1. The number of nitrogens with zero attached hydrogens (tertiary/aromatic N) is 1. The molecule has 0 unspecified atom stereocenters. The van der Waals surface area contributed by atoms with Gasteiger partial charge in [0.2, 0.25) is 15.9 Å². The summed E-state index contributed by atoms with van der Waals surface area (Å²) in [6, 6.07) is 6.80. The van der Waals surface area contributed by atoms with Gasteiger partial charge in [0.05, 0.1) is 17.1 Å². The average molecular weight is 309 g/mol. The van der Waals surface area contributed by atoms with Crippen molar-refractivity contribution in [1.82, 2.24) is 15.0 Å². The molecule has 0 fully saturated rings. The van der Waals surface area contributed by atoms with E-state index in [-0.39, 0.29) is 11.4 Å². The van der Waals surface area contributed by atoms with Crippen molar-refractivity contribution in [2.45, 2.75) is 31.8 Å². The van der Waals surface area contributed by atoms with Crippen LogP contribution >= 0.6 is 0 Å². The van der Waals surface area contributed by atoms with E-state index >= 15 is 0 Å². The lowest BCUT2D eigenvalue weighted by Crippen LogP contribution is -2.23. The lowest BCUT2D eigenvalue weighted by Gasteiger charge is -2.07. The molecule has 0 aliphatic heterocycles. The zero-order valence-electron chi connectivity index (χ0n) is 12.3. The Bertz CT molecular complexity index is 703. The van der Waals surface area contributed by atoms with Crippen molar-refractivity contribution < 1.29 is 12.8 Å². The maximum absolute atomic E-state index is 12.3. The zero-order chi connectivity index (χ0) is 15.5. The van der Waals surface area contributed by atoms with Crippen molar-refractivity contribution in [3.05, 3.63) is 47.2 Å². The molecule has 0 saturated heterocycles. The molecular weight excluding hydrogens is 290 g/mol. The van der Waals surface area contributed by atoms with Crippen LogP contribution in [0, 0.1) is 13.8 Å². The third-order valence-electron chi connectivity index (χ3n) is 3.08. The van der Waals surface area contributed by atoms with Gasteiger partial charge in [-0.1, -0.05) is 12.1 Å². The lowest BCUT2D eigenvalue weighted by atomic mass is 10.2. The van der Waals surface area contributed by atoms with Crippen LogP contribution in [0.3, 0.4) is 0 Å². The molecule has 0 amide bonds. The number of benzene rings is 1. The summed E-state index contributed by atoms with van der Waals surface area (Å²) in [4.78, 5) is 4.38. The third kappa shape index (κ3) is 3.90. The smallest absolute Gasteiger partial charge is 0.241 e. The Morgan fingerprint density at radius 2 is 2.00 bits per heavy atom. The van der Waals surface area contributed by atoms with E-state index in [0.717, 1.165) is 11.3 Å². The molecule has 7 heteroatoms. The fourth-order valence-electron chi connectivity index (χ4n) is 1.88. The number of rotatable bonds is 6. The number of oxazole rings is 1. The summed E-state index contributed by atoms with van der Waals surface area (Å²) in [7, 11) is -1.77. The minimum absolute atomic E-state index is 0.0350. The van der Waals surface area contributed by atoms with E-state index in [4.69, 9.17) is 4.42 Å². The monoisotopic (exact) mass is 309 g/mol. The topological polar surface area (TPSA) is 84.2 Å². The SMILES string of the molecule is CNCc1cccc(S(=O)(=O)NCc2nc(C)c(C)o2)c1. The molecule has 6 nitrogen and oxygen atoms in total. The first-order chi connectivity index (χ1) is 9.92. The first kappa shape index (κ1) is 15.7. The Hall–Kier alpha value is -1.70. The molecule has 2 N–H and O–H groups in total. The van der Waals surface area contributed by atoms with Gasteiger partial charge in [-0.05, 0) is 38.6 Å². The van der Waals surface area contributed by atoms with Crippen LogP contribution in [0.1, 0.15) is 22.9 Å². The zero-order valence-corrected chi connectivity index (χ0v) is 13.1. The van der Waals surface area contributed by atoms with Crippen molar-refractivity contribution in [2.75, 3.05) is 7.05 Å². The minimum atomic E-state index is -3.58. The summed E-state index contributed by atoms with van der Waals surface area (Å²) < 4.78 is 32.4. The molecule has 0 bridgehead atoms. The largest absolute Gasteiger partial charge is 0.444 e. The molecule has 114 valence electrons. The molecular formula is C14H19N3O3S. The van der Waals surface area contributed by atoms with Crippen LogP contribution in [-0.4, -0.2) is 20.4 Å². The summed E-state index contributed by atoms with van der Waals surface area (Å²) in [5.74, 6) is 1.06. The number of aryl methyl sites for hydroxylation is 2. The van der Waals surface area contributed by atoms with E-state index in [0.29, 0.717) is 18.2 Å². The van der Waals surface area contributed by atoms with Gasteiger partial charge >= 0.3 is 0 Å². The average Bonchev–Trinajstić information content (AvgIpc) is 2.77. The highest BCUT2D eigenvalue weighted by Crippen LogP contribution is 2.13. The van der Waals surface area contributed by atoms with Crippen molar-refractivity contribution >= 4 is 10.0 Å². The molecule has 0 saturated carbocycles. The molecule has 1 aromatic carbocycles. The summed E-state index contributed by atoms with van der Waals surface area (Å²) in [5, 5.41) is 2.99. The van der Waals surface area contributed by atoms with Gasteiger partial charge in [0.25, 0.3) is 0 Å². The van der Waals surface area contributed by atoms with Gasteiger partial charge in [0.15, 0.2) is 0 Å². The highest BCUT2D eigenvalue weighted by molar-refractivity contribution is 7.89. The van der Waals surface area contributed by atoms with E-state index in [1.165, 1.54) is 0 Å². The van der Waals surface area contributed by atoms with Gasteiger partial charge in [0.1, 0.15) is 5.76 Å². The Morgan fingerprint density at radius 1 is 1.24 bits per heavy atom. The molecule has 2 rings (SSSR count). The molecule has 1 heterocycles. The van der Waals surface area contributed by atoms with E-state index in [1.54, 1.807) is 25.1 Å². The Kier molecular flexibility index (Phi) is 4.76. The molecule has 21 heavy (non-hydrogen) atoms. The predicted molar refractivity (Wildman–Crippen MR) is 79.2 cm³/mol. The molecule has 0 aliphatic carbocycles. The van der Waals surface area contributed by atoms with Gasteiger partial charge in [-0.25, -0.2) is 18.1 Å². The second-order valence-corrected chi connectivity index (χ2v) is 6.52. The van der Waals surface area contributed by atoms with Crippen LogP contribution in [-0.2, 0) is 23.1 Å². The Morgan fingerprint density at radius 3 is 2.62 bits per heavy atom. The standard InChI is InChI=1S/C14H19N3O3S/c1-10-11(2)20-14(17-10)9-16-21(18,19)13-6-4-5-12(7-13)8-15-3/h4-7,15-16H,8-9H2,1-3H3. The highest BCUT2D eigenvalue weighted by atomic mass is 32.2. The van der Waals surface area contributed by atoms with Gasteiger partial charge in [0, 0.05) is 6.54 Å². The number of nitrogens with one attached hydrogen (secondary N) is 2.